The number of esters is 6. The van der Waals surface area contributed by atoms with Gasteiger partial charge in [0.25, 0.3) is 0 Å². The maximum atomic E-state index is 14.0. The van der Waals surface area contributed by atoms with Crippen LogP contribution in [0.25, 0.3) is 0 Å². The highest BCUT2D eigenvalue weighted by Crippen LogP contribution is 2.68. The van der Waals surface area contributed by atoms with Gasteiger partial charge in [0.15, 0.2) is 12.2 Å². The van der Waals surface area contributed by atoms with Crippen LogP contribution >= 0.6 is 0 Å². The fourth-order valence-electron chi connectivity index (χ4n) is 8.38. The van der Waals surface area contributed by atoms with E-state index in [9.17, 15) is 28.8 Å². The first-order chi connectivity index (χ1) is 23.5. The first-order valence-corrected chi connectivity index (χ1v) is 16.4. The van der Waals surface area contributed by atoms with Gasteiger partial charge in [-0.1, -0.05) is 43.3 Å². The molecule has 0 aromatic heterocycles. The molecule has 5 rings (SSSR count). The van der Waals surface area contributed by atoms with Crippen molar-refractivity contribution in [3.8, 4) is 0 Å². The zero-order valence-electron chi connectivity index (χ0n) is 29.0. The van der Waals surface area contributed by atoms with Crippen molar-refractivity contribution in [3.05, 3.63) is 71.8 Å². The number of benzene rings is 2. The third-order valence-corrected chi connectivity index (χ3v) is 9.95. The van der Waals surface area contributed by atoms with Crippen LogP contribution in [0.5, 0.6) is 0 Å². The van der Waals surface area contributed by atoms with Gasteiger partial charge >= 0.3 is 35.8 Å². The zero-order valence-corrected chi connectivity index (χ0v) is 29.0. The highest BCUT2D eigenvalue weighted by Gasteiger charge is 2.85. The quantitative estimate of drug-likeness (QED) is 0.273. The highest BCUT2D eigenvalue weighted by atomic mass is 16.6. The van der Waals surface area contributed by atoms with Crippen LogP contribution in [0.1, 0.15) is 75.6 Å². The van der Waals surface area contributed by atoms with E-state index in [-0.39, 0.29) is 17.5 Å². The summed E-state index contributed by atoms with van der Waals surface area (Å²) in [4.78, 5) is 79.2. The third kappa shape index (κ3) is 6.34. The average molecular weight is 695 g/mol. The Balaban J connectivity index is 1.85. The first-order valence-electron chi connectivity index (χ1n) is 16.4. The minimum absolute atomic E-state index is 0.0238. The summed E-state index contributed by atoms with van der Waals surface area (Å²) in [6.07, 6.45) is -7.03. The van der Waals surface area contributed by atoms with Gasteiger partial charge in [0, 0.05) is 27.7 Å². The fourth-order valence-corrected chi connectivity index (χ4v) is 8.38. The number of hydrogen-bond acceptors (Lipinski definition) is 13. The molecular formula is C37H42O13. The van der Waals surface area contributed by atoms with Crippen molar-refractivity contribution in [2.75, 3.05) is 6.61 Å². The van der Waals surface area contributed by atoms with Gasteiger partial charge in [-0.05, 0) is 50.5 Å². The van der Waals surface area contributed by atoms with Crippen molar-refractivity contribution in [1.82, 2.24) is 0 Å². The maximum Gasteiger partial charge on any atom is 0.338 e. The Morgan fingerprint density at radius 3 is 1.66 bits per heavy atom. The standard InChI is InChI=1S/C37H42O13/c1-20-18-27(45-22(3)39)30(49-34(43)26-16-12-9-13-17-26)36(19-44-21(2)38)32(47-24(5)41)29(48-33(42)25-14-10-8-11-15-25)28-31(46-23(4)40)37(20,36)50-35(28,6)7/h8-17,20,27-32H,18-19H2,1-7H3. The van der Waals surface area contributed by atoms with E-state index in [0.717, 1.165) is 13.8 Å². The predicted octanol–water partition coefficient (Wildman–Crippen LogP) is 4.00. The molecule has 13 heteroatoms. The number of carbonyl (C=O) groups is 6. The van der Waals surface area contributed by atoms with Gasteiger partial charge < -0.3 is 33.2 Å². The van der Waals surface area contributed by atoms with Crippen LogP contribution in [-0.4, -0.2) is 84.1 Å². The molecule has 0 N–H and O–H groups in total. The molecule has 3 aliphatic rings. The van der Waals surface area contributed by atoms with Crippen LogP contribution in [0.4, 0.5) is 0 Å². The molecular weight excluding hydrogens is 652 g/mol. The summed E-state index contributed by atoms with van der Waals surface area (Å²) >= 11 is 0. The van der Waals surface area contributed by atoms with E-state index in [1.807, 2.05) is 0 Å². The van der Waals surface area contributed by atoms with Crippen LogP contribution in [0.3, 0.4) is 0 Å². The van der Waals surface area contributed by atoms with E-state index in [1.54, 1.807) is 57.2 Å². The Bertz CT molecular complexity index is 1640. The molecule has 2 saturated carbocycles. The van der Waals surface area contributed by atoms with Gasteiger partial charge in [-0.3, -0.25) is 19.2 Å². The topological polar surface area (TPSA) is 167 Å². The molecule has 2 aliphatic carbocycles. The molecule has 2 bridgehead atoms. The van der Waals surface area contributed by atoms with Crippen LogP contribution in [0.2, 0.25) is 0 Å². The van der Waals surface area contributed by atoms with E-state index in [0.29, 0.717) is 0 Å². The van der Waals surface area contributed by atoms with E-state index in [4.69, 9.17) is 33.2 Å². The molecule has 1 heterocycles. The van der Waals surface area contributed by atoms with Crippen molar-refractivity contribution < 1.29 is 61.9 Å². The highest BCUT2D eigenvalue weighted by molar-refractivity contribution is 5.90. The summed E-state index contributed by atoms with van der Waals surface area (Å²) < 4.78 is 43.4. The molecule has 1 spiro atoms. The lowest BCUT2D eigenvalue weighted by Gasteiger charge is -2.64. The molecule has 1 aliphatic heterocycles. The van der Waals surface area contributed by atoms with Crippen LogP contribution in [0.15, 0.2) is 60.7 Å². The maximum absolute atomic E-state index is 14.0. The second kappa shape index (κ2) is 13.9. The molecule has 2 aromatic carbocycles. The van der Waals surface area contributed by atoms with Gasteiger partial charge in [0.2, 0.25) is 0 Å². The van der Waals surface area contributed by atoms with Gasteiger partial charge in [-0.2, -0.15) is 0 Å². The van der Waals surface area contributed by atoms with Gasteiger partial charge in [0.1, 0.15) is 35.9 Å². The molecule has 0 radical (unpaired) electrons. The summed E-state index contributed by atoms with van der Waals surface area (Å²) in [5.74, 6) is -6.30. The van der Waals surface area contributed by atoms with Crippen molar-refractivity contribution in [3.63, 3.8) is 0 Å². The van der Waals surface area contributed by atoms with Crippen LogP contribution in [-0.2, 0) is 52.3 Å². The lowest BCUT2D eigenvalue weighted by Crippen LogP contribution is -2.81. The van der Waals surface area contributed by atoms with Crippen molar-refractivity contribution in [2.24, 2.45) is 17.3 Å². The number of ether oxygens (including phenoxy) is 7. The predicted molar refractivity (Wildman–Crippen MR) is 172 cm³/mol. The monoisotopic (exact) mass is 694 g/mol. The second-order valence-electron chi connectivity index (χ2n) is 13.6. The van der Waals surface area contributed by atoms with Gasteiger partial charge in [-0.25, -0.2) is 9.59 Å². The largest absolute Gasteiger partial charge is 0.465 e. The number of carbonyl (C=O) groups excluding carboxylic acids is 6. The number of hydrogen-bond donors (Lipinski definition) is 0. The zero-order chi connectivity index (χ0) is 36.6. The van der Waals surface area contributed by atoms with E-state index < -0.39 is 101 Å². The fraction of sp³-hybridized carbons (Fsp3) is 0.514. The van der Waals surface area contributed by atoms with Gasteiger partial charge in [0.05, 0.1) is 22.6 Å². The van der Waals surface area contributed by atoms with Crippen molar-refractivity contribution in [1.29, 1.82) is 0 Å². The number of rotatable bonds is 9. The molecule has 3 fully saturated rings. The first kappa shape index (κ1) is 36.5. The SMILES string of the molecule is CC(=O)OCC12C(OC(=O)c3ccccc3)C(OC(C)=O)CC(C)C13OC(C)(C)C(C(OC(=O)c1ccccc1)C2OC(C)=O)C3OC(C)=O. The van der Waals surface area contributed by atoms with E-state index in [2.05, 4.69) is 0 Å². The minimum atomic E-state index is -2.02. The minimum Gasteiger partial charge on any atom is -0.465 e. The molecule has 2 aromatic rings. The molecule has 50 heavy (non-hydrogen) atoms. The Morgan fingerprint density at radius 1 is 0.660 bits per heavy atom. The lowest BCUT2D eigenvalue weighted by molar-refractivity contribution is -0.328. The van der Waals surface area contributed by atoms with Crippen LogP contribution in [0, 0.1) is 17.3 Å². The summed E-state index contributed by atoms with van der Waals surface area (Å²) in [5, 5.41) is 0. The Morgan fingerprint density at radius 2 is 1.16 bits per heavy atom. The molecule has 9 unspecified atom stereocenters. The van der Waals surface area contributed by atoms with E-state index >= 15 is 0 Å². The summed E-state index contributed by atoms with van der Waals surface area (Å²) in [6.45, 7) is 9.25. The molecule has 0 amide bonds. The van der Waals surface area contributed by atoms with Crippen molar-refractivity contribution in [2.45, 2.75) is 96.6 Å². The summed E-state index contributed by atoms with van der Waals surface area (Å²) in [5.41, 5.74) is -4.72. The molecule has 1 saturated heterocycles. The molecule has 13 nitrogen and oxygen atoms in total. The Hall–Kier alpha value is -4.78. The summed E-state index contributed by atoms with van der Waals surface area (Å²) in [6, 6.07) is 16.1. The van der Waals surface area contributed by atoms with Gasteiger partial charge in [-0.15, -0.1) is 0 Å². The Kier molecular flexibility index (Phi) is 10.1. The molecule has 9 atom stereocenters. The normalized spacial score (nSPS) is 32.0. The van der Waals surface area contributed by atoms with E-state index in [1.165, 1.54) is 38.1 Å². The smallest absolute Gasteiger partial charge is 0.338 e. The second-order valence-corrected chi connectivity index (χ2v) is 13.6. The average Bonchev–Trinajstić information content (AvgIpc) is 3.24. The lowest BCUT2D eigenvalue weighted by atomic mass is 9.47. The third-order valence-electron chi connectivity index (χ3n) is 9.95. The van der Waals surface area contributed by atoms with Crippen molar-refractivity contribution >= 4 is 35.8 Å². The number of fused-ring (bicyclic) bond motifs is 1. The van der Waals surface area contributed by atoms with Crippen LogP contribution < -0.4 is 0 Å². The molecule has 268 valence electrons. The Labute approximate surface area is 289 Å². The summed E-state index contributed by atoms with van der Waals surface area (Å²) in [7, 11) is 0.